The molecule has 0 unspecified atom stereocenters. The van der Waals surface area contributed by atoms with Crippen molar-refractivity contribution in [3.63, 3.8) is 0 Å². The maximum atomic E-state index is 11.0. The molecular formula is C19H26O4. The zero-order valence-corrected chi connectivity index (χ0v) is 14.6. The van der Waals surface area contributed by atoms with Crippen LogP contribution < -0.4 is 10.4 Å². The van der Waals surface area contributed by atoms with Gasteiger partial charge in [-0.15, -0.1) is 0 Å². The highest BCUT2D eigenvalue weighted by molar-refractivity contribution is 5.83. The summed E-state index contributed by atoms with van der Waals surface area (Å²) in [5.74, 6) is 1.08. The molecule has 0 aliphatic carbocycles. The zero-order valence-electron chi connectivity index (χ0n) is 14.6. The number of hydrogen-bond acceptors (Lipinski definition) is 4. The van der Waals surface area contributed by atoms with Crippen LogP contribution in [0.5, 0.6) is 5.75 Å². The summed E-state index contributed by atoms with van der Waals surface area (Å²) in [7, 11) is 0. The maximum absolute atomic E-state index is 11.0. The van der Waals surface area contributed by atoms with Gasteiger partial charge in [0.05, 0.1) is 11.5 Å². The van der Waals surface area contributed by atoms with Gasteiger partial charge in [0.1, 0.15) is 11.3 Å². The van der Waals surface area contributed by atoms with Gasteiger partial charge in [-0.05, 0) is 29.9 Å². The summed E-state index contributed by atoms with van der Waals surface area (Å²) in [6.45, 7) is 11.7. The van der Waals surface area contributed by atoms with Crippen LogP contribution in [0, 0.1) is 11.3 Å². The standard InChI is InChI=1S/C10H6O4.C9H20/c11-6-13-9-5-10(12)14-8-4-2-1-3-7(8)9;1-8(2)6-7-9(3,4)5/h1-6H;8H,6-7H2,1-5H3. The molecule has 4 heteroatoms. The van der Waals surface area contributed by atoms with E-state index in [1.54, 1.807) is 24.3 Å². The Morgan fingerprint density at radius 3 is 2.39 bits per heavy atom. The van der Waals surface area contributed by atoms with Gasteiger partial charge in [-0.1, -0.05) is 53.2 Å². The van der Waals surface area contributed by atoms with Gasteiger partial charge in [0.15, 0.2) is 0 Å². The summed E-state index contributed by atoms with van der Waals surface area (Å²) in [6, 6.07) is 7.97. The molecule has 0 bridgehead atoms. The minimum atomic E-state index is -0.541. The van der Waals surface area contributed by atoms with Crippen molar-refractivity contribution in [2.45, 2.75) is 47.5 Å². The zero-order chi connectivity index (χ0) is 17.5. The van der Waals surface area contributed by atoms with Crippen LogP contribution in [0.1, 0.15) is 47.5 Å². The summed E-state index contributed by atoms with van der Waals surface area (Å²) < 4.78 is 9.56. The van der Waals surface area contributed by atoms with E-state index in [1.165, 1.54) is 12.8 Å². The first-order valence-corrected chi connectivity index (χ1v) is 7.86. The van der Waals surface area contributed by atoms with E-state index in [0.29, 0.717) is 16.4 Å². The SMILES string of the molecule is CC(C)CCC(C)(C)C.O=COc1cc(=O)oc2ccccc12. The Hall–Kier alpha value is -2.10. The Balaban J connectivity index is 0.000000257. The Morgan fingerprint density at radius 1 is 1.22 bits per heavy atom. The van der Waals surface area contributed by atoms with Crippen LogP contribution in [0.25, 0.3) is 11.0 Å². The minimum Gasteiger partial charge on any atom is -0.428 e. The molecule has 2 rings (SSSR count). The van der Waals surface area contributed by atoms with Crippen LogP contribution in [0.4, 0.5) is 0 Å². The van der Waals surface area contributed by atoms with Crippen molar-refractivity contribution >= 4 is 17.4 Å². The van der Waals surface area contributed by atoms with E-state index in [9.17, 15) is 9.59 Å². The molecule has 0 saturated carbocycles. The summed E-state index contributed by atoms with van der Waals surface area (Å²) in [4.78, 5) is 21.2. The molecule has 0 aliphatic heterocycles. The van der Waals surface area contributed by atoms with Crippen LogP contribution in [0.15, 0.2) is 39.5 Å². The highest BCUT2D eigenvalue weighted by Gasteiger charge is 2.09. The Labute approximate surface area is 137 Å². The lowest BCUT2D eigenvalue weighted by Gasteiger charge is -2.18. The third-order valence-electron chi connectivity index (χ3n) is 3.26. The molecule has 4 nitrogen and oxygen atoms in total. The van der Waals surface area contributed by atoms with Crippen LogP contribution >= 0.6 is 0 Å². The quantitative estimate of drug-likeness (QED) is 0.600. The number of carbonyl (C=O) groups is 1. The molecular weight excluding hydrogens is 292 g/mol. The second kappa shape index (κ2) is 8.51. The number of carbonyl (C=O) groups excluding carboxylic acids is 1. The van der Waals surface area contributed by atoms with Gasteiger partial charge in [0.2, 0.25) is 0 Å². The lowest BCUT2D eigenvalue weighted by Crippen LogP contribution is -2.05. The summed E-state index contributed by atoms with van der Waals surface area (Å²) in [6.07, 6.45) is 2.72. The van der Waals surface area contributed by atoms with E-state index in [2.05, 4.69) is 39.4 Å². The Kier molecular flexibility index (Phi) is 7.01. The lowest BCUT2D eigenvalue weighted by atomic mass is 9.88. The fourth-order valence-corrected chi connectivity index (χ4v) is 1.95. The van der Waals surface area contributed by atoms with E-state index in [0.717, 1.165) is 12.0 Å². The van der Waals surface area contributed by atoms with Gasteiger partial charge in [0.25, 0.3) is 6.47 Å². The minimum absolute atomic E-state index is 0.215. The molecule has 0 amide bonds. The first kappa shape index (κ1) is 18.9. The van der Waals surface area contributed by atoms with Gasteiger partial charge in [-0.2, -0.15) is 0 Å². The van der Waals surface area contributed by atoms with Crippen LogP contribution in [-0.2, 0) is 4.79 Å². The van der Waals surface area contributed by atoms with Crippen molar-refractivity contribution in [3.8, 4) is 5.75 Å². The average Bonchev–Trinajstić information content (AvgIpc) is 2.45. The van der Waals surface area contributed by atoms with Gasteiger partial charge >= 0.3 is 5.63 Å². The molecule has 0 fully saturated rings. The Morgan fingerprint density at radius 2 is 1.87 bits per heavy atom. The Bertz CT molecular complexity index is 678. The molecule has 0 N–H and O–H groups in total. The van der Waals surface area contributed by atoms with E-state index in [-0.39, 0.29) is 12.2 Å². The largest absolute Gasteiger partial charge is 0.428 e. The van der Waals surface area contributed by atoms with E-state index in [1.807, 2.05) is 0 Å². The van der Waals surface area contributed by atoms with Crippen LogP contribution in [0.3, 0.4) is 0 Å². The summed E-state index contributed by atoms with van der Waals surface area (Å²) in [5, 5.41) is 0.596. The third kappa shape index (κ3) is 7.13. The molecule has 0 saturated heterocycles. The smallest absolute Gasteiger partial charge is 0.339 e. The van der Waals surface area contributed by atoms with Gasteiger partial charge < -0.3 is 9.15 Å². The first-order valence-electron chi connectivity index (χ1n) is 7.86. The molecule has 0 spiro atoms. The second-order valence-electron chi connectivity index (χ2n) is 7.13. The maximum Gasteiger partial charge on any atom is 0.339 e. The molecule has 23 heavy (non-hydrogen) atoms. The van der Waals surface area contributed by atoms with Crippen LogP contribution in [-0.4, -0.2) is 6.47 Å². The molecule has 2 aromatic rings. The topological polar surface area (TPSA) is 56.5 Å². The van der Waals surface area contributed by atoms with Gasteiger partial charge in [-0.25, -0.2) is 4.79 Å². The summed E-state index contributed by atoms with van der Waals surface area (Å²) in [5.41, 5.74) is 0.391. The normalized spacial score (nSPS) is 11.0. The summed E-state index contributed by atoms with van der Waals surface area (Å²) >= 11 is 0. The predicted octanol–water partition coefficient (Wildman–Crippen LogP) is 4.80. The monoisotopic (exact) mass is 318 g/mol. The van der Waals surface area contributed by atoms with Gasteiger partial charge in [0, 0.05) is 0 Å². The molecule has 1 aromatic carbocycles. The van der Waals surface area contributed by atoms with Crippen LogP contribution in [0.2, 0.25) is 0 Å². The van der Waals surface area contributed by atoms with Crippen molar-refractivity contribution in [2.24, 2.45) is 11.3 Å². The van der Waals surface area contributed by atoms with E-state index >= 15 is 0 Å². The average molecular weight is 318 g/mol. The molecule has 1 heterocycles. The van der Waals surface area contributed by atoms with E-state index < -0.39 is 5.63 Å². The first-order chi connectivity index (χ1) is 10.7. The number of fused-ring (bicyclic) bond motifs is 1. The highest BCUT2D eigenvalue weighted by Crippen LogP contribution is 2.23. The molecule has 1 aromatic heterocycles. The third-order valence-corrected chi connectivity index (χ3v) is 3.26. The van der Waals surface area contributed by atoms with Crippen molar-refractivity contribution in [3.05, 3.63) is 40.8 Å². The number of rotatable bonds is 4. The van der Waals surface area contributed by atoms with Crippen molar-refractivity contribution in [1.29, 1.82) is 0 Å². The predicted molar refractivity (Wildman–Crippen MR) is 92.7 cm³/mol. The van der Waals surface area contributed by atoms with Crippen molar-refractivity contribution < 1.29 is 13.9 Å². The molecule has 126 valence electrons. The second-order valence-corrected chi connectivity index (χ2v) is 7.13. The molecule has 0 atom stereocenters. The fraction of sp³-hybridized carbons (Fsp3) is 0.474. The molecule has 0 radical (unpaired) electrons. The van der Waals surface area contributed by atoms with Crippen molar-refractivity contribution in [2.75, 3.05) is 0 Å². The number of ether oxygens (including phenoxy) is 1. The highest BCUT2D eigenvalue weighted by atomic mass is 16.5. The number of benzene rings is 1. The molecule has 0 aliphatic rings. The number of para-hydroxylation sites is 1. The lowest BCUT2D eigenvalue weighted by molar-refractivity contribution is -0.120. The fourth-order valence-electron chi connectivity index (χ4n) is 1.95. The van der Waals surface area contributed by atoms with E-state index in [4.69, 9.17) is 4.42 Å². The van der Waals surface area contributed by atoms with Gasteiger partial charge in [-0.3, -0.25) is 4.79 Å². The number of hydrogen-bond donors (Lipinski definition) is 0. The van der Waals surface area contributed by atoms with Crippen molar-refractivity contribution in [1.82, 2.24) is 0 Å².